The number of hydrogen-bond donors (Lipinski definition) is 0. The minimum atomic E-state index is 0.652. The molecule has 0 radical (unpaired) electrons. The first-order valence-corrected chi connectivity index (χ1v) is 8.15. The van der Waals surface area contributed by atoms with Gasteiger partial charge in [-0.25, -0.2) is 4.98 Å². The van der Waals surface area contributed by atoms with Gasteiger partial charge in [0.15, 0.2) is 5.82 Å². The van der Waals surface area contributed by atoms with Gasteiger partial charge in [0.05, 0.1) is 16.7 Å². The monoisotopic (exact) mass is 317 g/mol. The van der Waals surface area contributed by atoms with Gasteiger partial charge in [-0.1, -0.05) is 12.1 Å². The van der Waals surface area contributed by atoms with Crippen LogP contribution in [-0.2, 0) is 13.6 Å². The molecule has 0 saturated heterocycles. The SMILES string of the molecule is CCn1c(-c2nc3cc(C=O)ccc3n2C)cc2c(C)cccc21. The first kappa shape index (κ1) is 14.7. The lowest BCUT2D eigenvalue weighted by Crippen LogP contribution is -2.01. The molecule has 0 atom stereocenters. The van der Waals surface area contributed by atoms with E-state index in [-0.39, 0.29) is 0 Å². The zero-order valence-corrected chi connectivity index (χ0v) is 14.1. The number of fused-ring (bicyclic) bond motifs is 2. The number of rotatable bonds is 3. The highest BCUT2D eigenvalue weighted by atomic mass is 16.1. The second-order valence-electron chi connectivity index (χ2n) is 6.14. The molecule has 4 rings (SSSR count). The number of carbonyl (C=O) groups is 1. The molecule has 2 aromatic carbocycles. The highest BCUT2D eigenvalue weighted by molar-refractivity contribution is 5.91. The van der Waals surface area contributed by atoms with Crippen molar-refractivity contribution in [1.29, 1.82) is 0 Å². The normalized spacial score (nSPS) is 11.5. The summed E-state index contributed by atoms with van der Waals surface area (Å²) < 4.78 is 4.39. The van der Waals surface area contributed by atoms with E-state index in [9.17, 15) is 4.79 Å². The Bertz CT molecular complexity index is 1090. The summed E-state index contributed by atoms with van der Waals surface area (Å²) >= 11 is 0. The molecule has 0 aliphatic heterocycles. The van der Waals surface area contributed by atoms with Crippen LogP contribution in [0.5, 0.6) is 0 Å². The Hall–Kier alpha value is -2.88. The van der Waals surface area contributed by atoms with E-state index >= 15 is 0 Å². The van der Waals surface area contributed by atoms with Crippen LogP contribution in [0, 0.1) is 6.92 Å². The molecule has 120 valence electrons. The van der Waals surface area contributed by atoms with Gasteiger partial charge in [-0.05, 0) is 49.7 Å². The summed E-state index contributed by atoms with van der Waals surface area (Å²) in [5.74, 6) is 0.922. The van der Waals surface area contributed by atoms with E-state index in [1.54, 1.807) is 0 Å². The molecule has 0 unspecified atom stereocenters. The van der Waals surface area contributed by atoms with Gasteiger partial charge in [0.2, 0.25) is 0 Å². The van der Waals surface area contributed by atoms with Crippen LogP contribution >= 0.6 is 0 Å². The van der Waals surface area contributed by atoms with Gasteiger partial charge in [-0.2, -0.15) is 0 Å². The minimum Gasteiger partial charge on any atom is -0.338 e. The van der Waals surface area contributed by atoms with Gasteiger partial charge < -0.3 is 9.13 Å². The van der Waals surface area contributed by atoms with Crippen molar-refractivity contribution in [2.24, 2.45) is 7.05 Å². The summed E-state index contributed by atoms with van der Waals surface area (Å²) in [6.45, 7) is 5.17. The first-order valence-electron chi connectivity index (χ1n) is 8.15. The minimum absolute atomic E-state index is 0.652. The number of imidazole rings is 1. The van der Waals surface area contributed by atoms with Crippen LogP contribution in [0.2, 0.25) is 0 Å². The Morgan fingerprint density at radius 1 is 1.12 bits per heavy atom. The van der Waals surface area contributed by atoms with Gasteiger partial charge >= 0.3 is 0 Å². The number of hydrogen-bond acceptors (Lipinski definition) is 2. The fourth-order valence-electron chi connectivity index (χ4n) is 3.48. The van der Waals surface area contributed by atoms with Crippen molar-refractivity contribution >= 4 is 28.2 Å². The van der Waals surface area contributed by atoms with Crippen molar-refractivity contribution < 1.29 is 4.79 Å². The van der Waals surface area contributed by atoms with Crippen LogP contribution in [0.3, 0.4) is 0 Å². The molecule has 0 saturated carbocycles. The Morgan fingerprint density at radius 3 is 2.71 bits per heavy atom. The van der Waals surface area contributed by atoms with Crippen molar-refractivity contribution in [3.8, 4) is 11.5 Å². The summed E-state index contributed by atoms with van der Waals surface area (Å²) in [6.07, 6.45) is 0.861. The lowest BCUT2D eigenvalue weighted by molar-refractivity contribution is 0.112. The Kier molecular flexibility index (Phi) is 3.27. The van der Waals surface area contributed by atoms with Crippen LogP contribution < -0.4 is 0 Å². The maximum Gasteiger partial charge on any atom is 0.157 e. The van der Waals surface area contributed by atoms with E-state index < -0.39 is 0 Å². The van der Waals surface area contributed by atoms with Crippen LogP contribution in [0.25, 0.3) is 33.5 Å². The quantitative estimate of drug-likeness (QED) is 0.527. The summed E-state index contributed by atoms with van der Waals surface area (Å²) in [5, 5.41) is 1.26. The van der Waals surface area contributed by atoms with Gasteiger partial charge in [-0.3, -0.25) is 4.79 Å². The molecule has 4 heteroatoms. The third kappa shape index (κ3) is 1.99. The largest absolute Gasteiger partial charge is 0.338 e. The molecular weight excluding hydrogens is 298 g/mol. The van der Waals surface area contributed by atoms with Crippen LogP contribution in [0.15, 0.2) is 42.5 Å². The number of benzene rings is 2. The Balaban J connectivity index is 2.04. The standard InChI is InChI=1S/C20H19N3O/c1-4-23-17-7-5-6-13(2)15(17)11-19(23)20-21-16-10-14(12-24)8-9-18(16)22(20)3/h5-12H,4H2,1-3H3. The van der Waals surface area contributed by atoms with E-state index in [0.29, 0.717) is 5.56 Å². The third-order valence-corrected chi connectivity index (χ3v) is 4.75. The average Bonchev–Trinajstić information content (AvgIpc) is 3.13. The molecule has 0 N–H and O–H groups in total. The zero-order chi connectivity index (χ0) is 16.8. The molecule has 0 bridgehead atoms. The molecular formula is C20H19N3O. The summed E-state index contributed by atoms with van der Waals surface area (Å²) in [7, 11) is 2.02. The average molecular weight is 317 g/mol. The summed E-state index contributed by atoms with van der Waals surface area (Å²) in [4.78, 5) is 15.8. The molecule has 2 heterocycles. The van der Waals surface area contributed by atoms with Gasteiger partial charge in [0.25, 0.3) is 0 Å². The molecule has 4 nitrogen and oxygen atoms in total. The molecule has 0 aliphatic rings. The van der Waals surface area contributed by atoms with Gasteiger partial charge in [0.1, 0.15) is 6.29 Å². The molecule has 4 aromatic rings. The van der Waals surface area contributed by atoms with E-state index in [4.69, 9.17) is 4.98 Å². The number of aldehydes is 1. The van der Waals surface area contributed by atoms with E-state index in [2.05, 4.69) is 47.2 Å². The number of nitrogens with zero attached hydrogens (tertiary/aromatic N) is 3. The van der Waals surface area contributed by atoms with Crippen LogP contribution in [0.1, 0.15) is 22.8 Å². The number of carbonyl (C=O) groups excluding carboxylic acids is 1. The van der Waals surface area contributed by atoms with E-state index in [1.807, 2.05) is 25.2 Å². The van der Waals surface area contributed by atoms with Crippen molar-refractivity contribution in [1.82, 2.24) is 14.1 Å². The van der Waals surface area contributed by atoms with Crippen molar-refractivity contribution in [2.75, 3.05) is 0 Å². The molecule has 0 aliphatic carbocycles. The summed E-state index contributed by atoms with van der Waals surface area (Å²) in [5.41, 5.74) is 6.13. The van der Waals surface area contributed by atoms with Crippen molar-refractivity contribution in [3.05, 3.63) is 53.6 Å². The molecule has 0 spiro atoms. The number of aryl methyl sites for hydroxylation is 3. The zero-order valence-electron chi connectivity index (χ0n) is 14.1. The van der Waals surface area contributed by atoms with Crippen LogP contribution in [0.4, 0.5) is 0 Å². The molecule has 0 amide bonds. The number of aromatic nitrogens is 3. The second kappa shape index (κ2) is 5.34. The van der Waals surface area contributed by atoms with Gasteiger partial charge in [0, 0.05) is 30.1 Å². The predicted octanol–water partition coefficient (Wildman–Crippen LogP) is 4.34. The molecule has 2 aromatic heterocycles. The predicted molar refractivity (Wildman–Crippen MR) is 97.4 cm³/mol. The van der Waals surface area contributed by atoms with E-state index in [0.717, 1.165) is 35.4 Å². The molecule has 24 heavy (non-hydrogen) atoms. The highest BCUT2D eigenvalue weighted by Gasteiger charge is 2.16. The fourth-order valence-corrected chi connectivity index (χ4v) is 3.48. The smallest absolute Gasteiger partial charge is 0.157 e. The lowest BCUT2D eigenvalue weighted by atomic mass is 10.1. The van der Waals surface area contributed by atoms with Gasteiger partial charge in [-0.15, -0.1) is 0 Å². The fraction of sp³-hybridized carbons (Fsp3) is 0.200. The topological polar surface area (TPSA) is 39.8 Å². The van der Waals surface area contributed by atoms with E-state index in [1.165, 1.54) is 16.5 Å². The highest BCUT2D eigenvalue weighted by Crippen LogP contribution is 2.31. The Morgan fingerprint density at radius 2 is 1.96 bits per heavy atom. The second-order valence-corrected chi connectivity index (χ2v) is 6.14. The maximum atomic E-state index is 11.0. The van der Waals surface area contributed by atoms with Crippen molar-refractivity contribution in [3.63, 3.8) is 0 Å². The van der Waals surface area contributed by atoms with Crippen LogP contribution in [-0.4, -0.2) is 20.4 Å². The lowest BCUT2D eigenvalue weighted by Gasteiger charge is -2.08. The first-order chi connectivity index (χ1) is 11.6. The van der Waals surface area contributed by atoms with Crippen molar-refractivity contribution in [2.45, 2.75) is 20.4 Å². The molecule has 0 fully saturated rings. The Labute approximate surface area is 140 Å². The maximum absolute atomic E-state index is 11.0. The third-order valence-electron chi connectivity index (χ3n) is 4.75. The summed E-state index contributed by atoms with van der Waals surface area (Å²) in [6, 6.07) is 14.2.